The molecule has 4 heteroatoms. The zero-order valence-electron chi connectivity index (χ0n) is 13.5. The van der Waals surface area contributed by atoms with Crippen LogP contribution in [0.5, 0.6) is 0 Å². The average molecular weight is 277 g/mol. The lowest BCUT2D eigenvalue weighted by molar-refractivity contribution is 0.179. The van der Waals surface area contributed by atoms with Gasteiger partial charge in [-0.25, -0.2) is 0 Å². The summed E-state index contributed by atoms with van der Waals surface area (Å²) in [6, 6.07) is 4.66. The number of nitrogens with one attached hydrogen (secondary N) is 2. The molecule has 0 radical (unpaired) electrons. The molecule has 4 nitrogen and oxygen atoms in total. The Balaban J connectivity index is 2.66. The lowest BCUT2D eigenvalue weighted by atomic mass is 10.00. The monoisotopic (exact) mass is 277 g/mol. The van der Waals surface area contributed by atoms with Crippen LogP contribution in [-0.4, -0.2) is 32.8 Å². The second-order valence-corrected chi connectivity index (χ2v) is 5.30. The molecule has 20 heavy (non-hydrogen) atoms. The Labute approximate surface area is 122 Å². The lowest BCUT2D eigenvalue weighted by Gasteiger charge is -2.18. The number of nitrogens with zero attached hydrogens (tertiary/aromatic N) is 1. The summed E-state index contributed by atoms with van der Waals surface area (Å²) in [5, 5.41) is 6.66. The van der Waals surface area contributed by atoms with Crippen molar-refractivity contribution in [3.63, 3.8) is 0 Å². The number of aryl methyl sites for hydroxylation is 3. The third-order valence-electron chi connectivity index (χ3n) is 3.30. The molecule has 0 fully saturated rings. The maximum Gasteiger partial charge on any atom is 0.191 e. The van der Waals surface area contributed by atoms with E-state index in [2.05, 4.69) is 55.5 Å². The van der Waals surface area contributed by atoms with Crippen molar-refractivity contribution in [2.75, 3.05) is 20.8 Å². The molecular weight excluding hydrogens is 250 g/mol. The van der Waals surface area contributed by atoms with Crippen molar-refractivity contribution in [3.05, 3.63) is 34.4 Å². The first-order valence-electron chi connectivity index (χ1n) is 7.00. The summed E-state index contributed by atoms with van der Waals surface area (Å²) in [6.07, 6.45) is 0. The van der Waals surface area contributed by atoms with Gasteiger partial charge in [-0.2, -0.15) is 0 Å². The minimum Gasteiger partial charge on any atom is -0.383 e. The van der Waals surface area contributed by atoms with Gasteiger partial charge in [-0.15, -0.1) is 0 Å². The van der Waals surface area contributed by atoms with E-state index < -0.39 is 0 Å². The number of benzene rings is 1. The fraction of sp³-hybridized carbons (Fsp3) is 0.562. The maximum absolute atomic E-state index is 5.12. The van der Waals surface area contributed by atoms with E-state index in [1.165, 1.54) is 22.3 Å². The van der Waals surface area contributed by atoms with Gasteiger partial charge in [0, 0.05) is 26.7 Å². The summed E-state index contributed by atoms with van der Waals surface area (Å²) in [7, 11) is 3.48. The van der Waals surface area contributed by atoms with Crippen LogP contribution in [0.15, 0.2) is 17.1 Å². The van der Waals surface area contributed by atoms with Crippen LogP contribution in [0.3, 0.4) is 0 Å². The second-order valence-electron chi connectivity index (χ2n) is 5.30. The molecule has 0 bridgehead atoms. The Kier molecular flexibility index (Phi) is 6.52. The van der Waals surface area contributed by atoms with Gasteiger partial charge in [-0.05, 0) is 44.4 Å². The quantitative estimate of drug-likeness (QED) is 0.641. The van der Waals surface area contributed by atoms with Gasteiger partial charge in [-0.3, -0.25) is 4.99 Å². The Hall–Kier alpha value is -1.55. The first-order chi connectivity index (χ1) is 9.47. The Morgan fingerprint density at radius 2 is 1.85 bits per heavy atom. The van der Waals surface area contributed by atoms with Gasteiger partial charge in [0.25, 0.3) is 0 Å². The van der Waals surface area contributed by atoms with E-state index in [1.54, 1.807) is 14.2 Å². The highest BCUT2D eigenvalue weighted by atomic mass is 16.5. The fourth-order valence-corrected chi connectivity index (χ4v) is 2.38. The van der Waals surface area contributed by atoms with Crippen molar-refractivity contribution in [3.8, 4) is 0 Å². The second kappa shape index (κ2) is 7.90. The van der Waals surface area contributed by atoms with Crippen LogP contribution in [0.25, 0.3) is 0 Å². The van der Waals surface area contributed by atoms with Crippen LogP contribution in [0.4, 0.5) is 0 Å². The molecule has 1 unspecified atom stereocenters. The lowest BCUT2D eigenvalue weighted by Crippen LogP contribution is -2.43. The van der Waals surface area contributed by atoms with E-state index in [0.29, 0.717) is 6.61 Å². The zero-order chi connectivity index (χ0) is 15.1. The molecule has 2 N–H and O–H groups in total. The van der Waals surface area contributed by atoms with Crippen LogP contribution in [0.1, 0.15) is 29.2 Å². The highest BCUT2D eigenvalue weighted by molar-refractivity contribution is 5.80. The zero-order valence-corrected chi connectivity index (χ0v) is 13.5. The molecule has 1 atom stereocenters. The van der Waals surface area contributed by atoms with E-state index in [1.807, 2.05) is 0 Å². The van der Waals surface area contributed by atoms with Gasteiger partial charge >= 0.3 is 0 Å². The Bertz CT molecular complexity index is 446. The van der Waals surface area contributed by atoms with Gasteiger partial charge < -0.3 is 15.4 Å². The van der Waals surface area contributed by atoms with E-state index in [4.69, 9.17) is 4.74 Å². The van der Waals surface area contributed by atoms with E-state index in [9.17, 15) is 0 Å². The van der Waals surface area contributed by atoms with Gasteiger partial charge in [0.05, 0.1) is 6.61 Å². The van der Waals surface area contributed by atoms with Crippen LogP contribution in [-0.2, 0) is 11.3 Å². The number of ether oxygens (including phenoxy) is 1. The van der Waals surface area contributed by atoms with E-state index in [-0.39, 0.29) is 6.04 Å². The molecule has 0 heterocycles. The van der Waals surface area contributed by atoms with Crippen molar-refractivity contribution in [2.45, 2.75) is 40.3 Å². The predicted octanol–water partition coefficient (Wildman–Crippen LogP) is 2.31. The van der Waals surface area contributed by atoms with Crippen molar-refractivity contribution < 1.29 is 4.74 Å². The molecular formula is C16H27N3O. The molecule has 0 saturated carbocycles. The van der Waals surface area contributed by atoms with Gasteiger partial charge in [-0.1, -0.05) is 17.7 Å². The summed E-state index contributed by atoms with van der Waals surface area (Å²) in [5.74, 6) is 0.800. The first-order valence-corrected chi connectivity index (χ1v) is 7.00. The van der Waals surface area contributed by atoms with Crippen LogP contribution in [0, 0.1) is 20.8 Å². The molecule has 0 amide bonds. The van der Waals surface area contributed by atoms with Crippen molar-refractivity contribution in [1.29, 1.82) is 0 Å². The molecule has 0 saturated heterocycles. The molecule has 1 aromatic carbocycles. The van der Waals surface area contributed by atoms with Crippen LogP contribution >= 0.6 is 0 Å². The van der Waals surface area contributed by atoms with Crippen molar-refractivity contribution in [1.82, 2.24) is 10.6 Å². The number of rotatable bonds is 5. The minimum absolute atomic E-state index is 0.228. The third-order valence-corrected chi connectivity index (χ3v) is 3.30. The number of hydrogen-bond donors (Lipinski definition) is 2. The highest BCUT2D eigenvalue weighted by Crippen LogP contribution is 2.15. The van der Waals surface area contributed by atoms with E-state index >= 15 is 0 Å². The highest BCUT2D eigenvalue weighted by Gasteiger charge is 2.07. The molecule has 0 aliphatic carbocycles. The molecule has 0 aliphatic rings. The summed E-state index contributed by atoms with van der Waals surface area (Å²) in [6.45, 7) is 9.94. The van der Waals surface area contributed by atoms with Crippen molar-refractivity contribution >= 4 is 5.96 Å². The summed E-state index contributed by atoms with van der Waals surface area (Å²) in [5.41, 5.74) is 5.27. The third kappa shape index (κ3) is 4.85. The van der Waals surface area contributed by atoms with Crippen LogP contribution in [0.2, 0.25) is 0 Å². The Morgan fingerprint density at radius 1 is 1.25 bits per heavy atom. The molecule has 0 spiro atoms. The van der Waals surface area contributed by atoms with Crippen LogP contribution < -0.4 is 10.6 Å². The largest absolute Gasteiger partial charge is 0.383 e. The maximum atomic E-state index is 5.12. The number of hydrogen-bond acceptors (Lipinski definition) is 2. The molecule has 0 aliphatic heterocycles. The topological polar surface area (TPSA) is 45.7 Å². The van der Waals surface area contributed by atoms with Gasteiger partial charge in [0.2, 0.25) is 0 Å². The summed E-state index contributed by atoms with van der Waals surface area (Å²) >= 11 is 0. The smallest absolute Gasteiger partial charge is 0.191 e. The fourth-order valence-electron chi connectivity index (χ4n) is 2.38. The number of guanidine groups is 1. The SMILES string of the molecule is CN=C(NCc1c(C)cc(C)cc1C)NC(C)COC. The number of methoxy groups -OCH3 is 1. The van der Waals surface area contributed by atoms with Gasteiger partial charge in [0.15, 0.2) is 5.96 Å². The van der Waals surface area contributed by atoms with E-state index in [0.717, 1.165) is 12.5 Å². The Morgan fingerprint density at radius 3 is 2.35 bits per heavy atom. The predicted molar refractivity (Wildman–Crippen MR) is 85.3 cm³/mol. The first kappa shape index (κ1) is 16.5. The molecule has 1 aromatic rings. The number of aliphatic imine (C=N–C) groups is 1. The average Bonchev–Trinajstić information content (AvgIpc) is 2.36. The summed E-state index contributed by atoms with van der Waals surface area (Å²) < 4.78 is 5.12. The standard InChI is InChI=1S/C16H27N3O/c1-11-7-12(2)15(13(3)8-11)9-18-16(17-5)19-14(4)10-20-6/h7-8,14H,9-10H2,1-6H3,(H2,17,18,19). The minimum atomic E-state index is 0.228. The van der Waals surface area contributed by atoms with Gasteiger partial charge in [0.1, 0.15) is 0 Å². The molecule has 0 aromatic heterocycles. The molecule has 1 rings (SSSR count). The normalized spacial score (nSPS) is 13.2. The molecule has 112 valence electrons. The van der Waals surface area contributed by atoms with Crippen molar-refractivity contribution in [2.24, 2.45) is 4.99 Å². The summed E-state index contributed by atoms with van der Waals surface area (Å²) in [4.78, 5) is 4.24.